The van der Waals surface area contributed by atoms with Crippen LogP contribution < -0.4 is 4.74 Å². The Morgan fingerprint density at radius 2 is 2.33 bits per heavy atom. The Morgan fingerprint density at radius 1 is 1.57 bits per heavy atom. The van der Waals surface area contributed by atoms with Crippen LogP contribution in [0.5, 0.6) is 5.88 Å². The van der Waals surface area contributed by atoms with Gasteiger partial charge in [0, 0.05) is 32.3 Å². The molecule has 21 heavy (non-hydrogen) atoms. The number of hydrogen-bond donors (Lipinski definition) is 0. The summed E-state index contributed by atoms with van der Waals surface area (Å²) in [5, 5.41) is 7.55. The van der Waals surface area contributed by atoms with Gasteiger partial charge in [-0.15, -0.1) is 5.10 Å². The zero-order chi connectivity index (χ0) is 15.5. The third-order valence-electron chi connectivity index (χ3n) is 3.26. The second-order valence-corrected chi connectivity index (χ2v) is 7.04. The number of rotatable bonds is 5. The van der Waals surface area contributed by atoms with Crippen LogP contribution >= 0.6 is 0 Å². The molecule has 0 aliphatic carbocycles. The van der Waals surface area contributed by atoms with Gasteiger partial charge < -0.3 is 9.64 Å². The van der Waals surface area contributed by atoms with Crippen molar-refractivity contribution in [1.82, 2.24) is 19.4 Å². The van der Waals surface area contributed by atoms with Gasteiger partial charge in [0.15, 0.2) is 0 Å². The summed E-state index contributed by atoms with van der Waals surface area (Å²) in [6.45, 7) is 0.811. The predicted molar refractivity (Wildman–Crippen MR) is 75.1 cm³/mol. The molecule has 0 unspecified atom stereocenters. The van der Waals surface area contributed by atoms with Crippen molar-refractivity contribution < 1.29 is 17.9 Å². The number of amides is 1. The van der Waals surface area contributed by atoms with Crippen LogP contribution in [0.1, 0.15) is 6.42 Å². The molecule has 0 bridgehead atoms. The van der Waals surface area contributed by atoms with Gasteiger partial charge in [0.1, 0.15) is 6.10 Å². The van der Waals surface area contributed by atoms with Crippen molar-refractivity contribution in [3.8, 4) is 5.88 Å². The van der Waals surface area contributed by atoms with E-state index in [1.54, 1.807) is 23.2 Å². The summed E-state index contributed by atoms with van der Waals surface area (Å²) in [5.74, 6) is 0.193. The van der Waals surface area contributed by atoms with Crippen LogP contribution in [-0.2, 0) is 14.8 Å². The molecule has 0 radical (unpaired) electrons. The van der Waals surface area contributed by atoms with Crippen LogP contribution in [0, 0.1) is 0 Å². The molecule has 9 heteroatoms. The van der Waals surface area contributed by atoms with Crippen LogP contribution in [0.25, 0.3) is 0 Å². The molecule has 0 N–H and O–H groups in total. The van der Waals surface area contributed by atoms with E-state index in [1.165, 1.54) is 7.05 Å². The normalized spacial score (nSPS) is 19.0. The molecular weight excluding hydrogens is 296 g/mol. The summed E-state index contributed by atoms with van der Waals surface area (Å²) in [4.78, 5) is 13.6. The Morgan fingerprint density at radius 3 is 2.95 bits per heavy atom. The fourth-order valence-corrected chi connectivity index (χ4v) is 2.32. The van der Waals surface area contributed by atoms with Crippen molar-refractivity contribution in [2.24, 2.45) is 0 Å². The number of aromatic nitrogens is 2. The lowest BCUT2D eigenvalue weighted by Crippen LogP contribution is -2.40. The van der Waals surface area contributed by atoms with E-state index in [2.05, 4.69) is 10.2 Å². The van der Waals surface area contributed by atoms with Crippen LogP contribution in [0.15, 0.2) is 18.3 Å². The first-order valence-corrected chi connectivity index (χ1v) is 8.34. The van der Waals surface area contributed by atoms with Gasteiger partial charge in [0.2, 0.25) is 21.8 Å². The standard InChI is InChI=1S/C12H18N4O4S/c1-15(21(2,18)19)9-12(17)16-7-5-10(8-16)20-11-4-3-6-13-14-11/h3-4,6,10H,5,7-9H2,1-2H3/t10-/m0/s1. The predicted octanol–water partition coefficient (Wildman–Crippen LogP) is -0.652. The van der Waals surface area contributed by atoms with Crippen LogP contribution in [-0.4, -0.2) is 72.8 Å². The molecule has 1 aromatic heterocycles. The van der Waals surface area contributed by atoms with Crippen molar-refractivity contribution in [3.63, 3.8) is 0 Å². The van der Waals surface area contributed by atoms with E-state index < -0.39 is 10.0 Å². The molecule has 1 saturated heterocycles. The maximum absolute atomic E-state index is 12.0. The van der Waals surface area contributed by atoms with E-state index in [4.69, 9.17) is 4.74 Å². The molecule has 1 aromatic rings. The molecule has 1 atom stereocenters. The van der Waals surface area contributed by atoms with Crippen LogP contribution in [0.4, 0.5) is 0 Å². The van der Waals surface area contributed by atoms with E-state index in [1.807, 2.05) is 0 Å². The number of likely N-dealkylation sites (tertiary alicyclic amines) is 1. The Kier molecular flexibility index (Phi) is 4.73. The fraction of sp³-hybridized carbons (Fsp3) is 0.583. The van der Waals surface area contributed by atoms with E-state index in [0.717, 1.165) is 10.6 Å². The van der Waals surface area contributed by atoms with Crippen molar-refractivity contribution >= 4 is 15.9 Å². The minimum absolute atomic E-state index is 0.144. The molecule has 8 nitrogen and oxygen atoms in total. The molecule has 0 saturated carbocycles. The Bertz CT molecular complexity index is 593. The number of carbonyl (C=O) groups is 1. The highest BCUT2D eigenvalue weighted by molar-refractivity contribution is 7.88. The van der Waals surface area contributed by atoms with E-state index in [0.29, 0.717) is 25.4 Å². The van der Waals surface area contributed by atoms with Gasteiger partial charge in [-0.3, -0.25) is 4.79 Å². The lowest BCUT2D eigenvalue weighted by molar-refractivity contribution is -0.130. The molecule has 0 spiro atoms. The Balaban J connectivity index is 1.86. The molecule has 2 heterocycles. The number of nitrogens with zero attached hydrogens (tertiary/aromatic N) is 4. The lowest BCUT2D eigenvalue weighted by Gasteiger charge is -2.20. The molecular formula is C12H18N4O4S. The number of ether oxygens (including phenoxy) is 1. The van der Waals surface area contributed by atoms with Gasteiger partial charge >= 0.3 is 0 Å². The van der Waals surface area contributed by atoms with E-state index in [-0.39, 0.29) is 18.6 Å². The highest BCUT2D eigenvalue weighted by Gasteiger charge is 2.29. The quantitative estimate of drug-likeness (QED) is 0.717. The Labute approximate surface area is 123 Å². The van der Waals surface area contributed by atoms with Gasteiger partial charge in [-0.2, -0.15) is 9.40 Å². The summed E-state index contributed by atoms with van der Waals surface area (Å²) < 4.78 is 29.3. The second-order valence-electron chi connectivity index (χ2n) is 4.95. The first-order chi connectivity index (χ1) is 9.86. The molecule has 1 fully saturated rings. The first kappa shape index (κ1) is 15.6. The average Bonchev–Trinajstić information content (AvgIpc) is 2.87. The van der Waals surface area contributed by atoms with Gasteiger partial charge in [-0.05, 0) is 6.07 Å². The third-order valence-corrected chi connectivity index (χ3v) is 4.52. The number of likely N-dealkylation sites (N-methyl/N-ethyl adjacent to an activating group) is 1. The Hall–Kier alpha value is -1.74. The first-order valence-electron chi connectivity index (χ1n) is 6.49. The minimum atomic E-state index is -3.35. The van der Waals surface area contributed by atoms with E-state index >= 15 is 0 Å². The molecule has 0 aromatic carbocycles. The zero-order valence-corrected chi connectivity index (χ0v) is 12.8. The highest BCUT2D eigenvalue weighted by atomic mass is 32.2. The van der Waals surface area contributed by atoms with E-state index in [9.17, 15) is 13.2 Å². The number of carbonyl (C=O) groups excluding carboxylic acids is 1. The maximum atomic E-state index is 12.0. The molecule has 2 rings (SSSR count). The summed E-state index contributed by atoms with van der Waals surface area (Å²) in [5.41, 5.74) is 0. The third kappa shape index (κ3) is 4.36. The smallest absolute Gasteiger partial charge is 0.238 e. The molecule has 1 amide bonds. The van der Waals surface area contributed by atoms with Gasteiger partial charge in [0.25, 0.3) is 0 Å². The summed E-state index contributed by atoms with van der Waals surface area (Å²) in [6.07, 6.45) is 3.17. The lowest BCUT2D eigenvalue weighted by atomic mass is 10.3. The van der Waals surface area contributed by atoms with Crippen LogP contribution in [0.3, 0.4) is 0 Å². The zero-order valence-electron chi connectivity index (χ0n) is 12.0. The second kappa shape index (κ2) is 6.35. The van der Waals surface area contributed by atoms with Gasteiger partial charge in [-0.25, -0.2) is 8.42 Å². The van der Waals surface area contributed by atoms with Crippen molar-refractivity contribution in [1.29, 1.82) is 0 Å². The minimum Gasteiger partial charge on any atom is -0.471 e. The summed E-state index contributed by atoms with van der Waals surface area (Å²) in [6, 6.07) is 3.43. The molecule has 1 aliphatic heterocycles. The molecule has 1 aliphatic rings. The van der Waals surface area contributed by atoms with Crippen molar-refractivity contribution in [3.05, 3.63) is 18.3 Å². The monoisotopic (exact) mass is 314 g/mol. The average molecular weight is 314 g/mol. The number of hydrogen-bond acceptors (Lipinski definition) is 6. The SMILES string of the molecule is CN(CC(=O)N1CC[C@H](Oc2cccnn2)C1)S(C)(=O)=O. The summed E-state index contributed by atoms with van der Waals surface area (Å²) >= 11 is 0. The highest BCUT2D eigenvalue weighted by Crippen LogP contribution is 2.16. The van der Waals surface area contributed by atoms with Gasteiger partial charge in [0.05, 0.1) is 19.3 Å². The van der Waals surface area contributed by atoms with Crippen LogP contribution in [0.2, 0.25) is 0 Å². The van der Waals surface area contributed by atoms with Crippen molar-refractivity contribution in [2.75, 3.05) is 32.9 Å². The summed E-state index contributed by atoms with van der Waals surface area (Å²) in [7, 11) is -1.97. The fourth-order valence-electron chi connectivity index (χ4n) is 1.98. The van der Waals surface area contributed by atoms with Crippen molar-refractivity contribution in [2.45, 2.75) is 12.5 Å². The largest absolute Gasteiger partial charge is 0.471 e. The van der Waals surface area contributed by atoms with Gasteiger partial charge in [-0.1, -0.05) is 0 Å². The maximum Gasteiger partial charge on any atom is 0.238 e. The molecule has 116 valence electrons. The topological polar surface area (TPSA) is 92.7 Å². The number of sulfonamides is 1.